The molecule has 22 heavy (non-hydrogen) atoms. The van der Waals surface area contributed by atoms with Gasteiger partial charge in [-0.25, -0.2) is 0 Å². The number of hydrogen-bond acceptors (Lipinski definition) is 4. The van der Waals surface area contributed by atoms with Gasteiger partial charge in [0.05, 0.1) is 18.8 Å². The van der Waals surface area contributed by atoms with Crippen LogP contribution >= 0.6 is 11.8 Å². The van der Waals surface area contributed by atoms with Crippen LogP contribution in [0.4, 0.5) is 0 Å². The Labute approximate surface area is 136 Å². The topological polar surface area (TPSA) is 48.6 Å². The number of nitrogens with one attached hydrogen (secondary N) is 1. The number of hydrogen-bond donors (Lipinski definition) is 1. The van der Waals surface area contributed by atoms with Gasteiger partial charge in [-0.05, 0) is 24.7 Å². The second kappa shape index (κ2) is 7.53. The van der Waals surface area contributed by atoms with Crippen molar-refractivity contribution in [1.29, 1.82) is 0 Å². The Bertz CT molecular complexity index is 493. The summed E-state index contributed by atoms with van der Waals surface area (Å²) in [6, 6.07) is 0.382. The summed E-state index contributed by atoms with van der Waals surface area (Å²) in [6.07, 6.45) is 4.85. The number of rotatable bonds is 5. The van der Waals surface area contributed by atoms with Gasteiger partial charge >= 0.3 is 0 Å². The Kier molecular flexibility index (Phi) is 5.44. The third-order valence-corrected chi connectivity index (χ3v) is 5.70. The predicted octanol–water partition coefficient (Wildman–Crippen LogP) is 1.60. The van der Waals surface area contributed by atoms with E-state index in [0.29, 0.717) is 6.04 Å². The third kappa shape index (κ3) is 3.67. The lowest BCUT2D eigenvalue weighted by Crippen LogP contribution is -2.47. The molecule has 1 aromatic rings. The summed E-state index contributed by atoms with van der Waals surface area (Å²) in [7, 11) is 0. The second-order valence-electron chi connectivity index (χ2n) is 6.02. The molecule has 5 nitrogen and oxygen atoms in total. The minimum Gasteiger partial charge on any atom is -0.379 e. The van der Waals surface area contributed by atoms with Gasteiger partial charge in [0, 0.05) is 50.4 Å². The lowest BCUT2D eigenvalue weighted by Gasteiger charge is -2.33. The van der Waals surface area contributed by atoms with Crippen LogP contribution in [0.2, 0.25) is 0 Å². The average Bonchev–Trinajstić information content (AvgIpc) is 3.20. The SMILES string of the molecule is Cc1c[nH]cc1C(=O)N(CCN1CCOCC1)[C@@H]1CCSC1. The van der Waals surface area contributed by atoms with Crippen molar-refractivity contribution in [2.24, 2.45) is 0 Å². The fourth-order valence-corrected chi connectivity index (χ4v) is 4.34. The highest BCUT2D eigenvalue weighted by Crippen LogP contribution is 2.24. The number of amides is 1. The maximum absolute atomic E-state index is 12.9. The van der Waals surface area contributed by atoms with Crippen LogP contribution < -0.4 is 0 Å². The molecule has 1 aromatic heterocycles. The lowest BCUT2D eigenvalue weighted by atomic mass is 10.1. The molecular weight excluding hydrogens is 298 g/mol. The first kappa shape index (κ1) is 15.9. The largest absolute Gasteiger partial charge is 0.379 e. The fourth-order valence-electron chi connectivity index (χ4n) is 3.12. The van der Waals surface area contributed by atoms with Gasteiger partial charge in [-0.2, -0.15) is 11.8 Å². The number of ether oxygens (including phenoxy) is 1. The normalized spacial score (nSPS) is 22.9. The molecule has 0 bridgehead atoms. The minimum atomic E-state index is 0.180. The Balaban J connectivity index is 1.66. The van der Waals surface area contributed by atoms with Gasteiger partial charge in [0.25, 0.3) is 5.91 Å². The van der Waals surface area contributed by atoms with Gasteiger partial charge in [0.2, 0.25) is 0 Å². The van der Waals surface area contributed by atoms with E-state index in [0.717, 1.165) is 68.4 Å². The third-order valence-electron chi connectivity index (χ3n) is 4.55. The van der Waals surface area contributed by atoms with Crippen molar-refractivity contribution in [3.05, 3.63) is 23.5 Å². The summed E-state index contributed by atoms with van der Waals surface area (Å²) >= 11 is 1.96. The number of carbonyl (C=O) groups is 1. The highest BCUT2D eigenvalue weighted by molar-refractivity contribution is 7.99. The first-order chi connectivity index (χ1) is 10.8. The number of thioether (sulfide) groups is 1. The number of H-pyrrole nitrogens is 1. The standard InChI is InChI=1S/C16H25N3O2S/c1-13-10-17-11-15(13)16(20)19(14-2-9-22-12-14)4-3-18-5-7-21-8-6-18/h10-11,14,17H,2-9,12H2,1H3/t14-/m1/s1. The molecule has 3 heterocycles. The van der Waals surface area contributed by atoms with Gasteiger partial charge in [0.15, 0.2) is 0 Å². The van der Waals surface area contributed by atoms with E-state index in [1.807, 2.05) is 31.1 Å². The molecule has 1 amide bonds. The number of morpholine rings is 1. The lowest BCUT2D eigenvalue weighted by molar-refractivity contribution is 0.0303. The van der Waals surface area contributed by atoms with Gasteiger partial charge in [-0.3, -0.25) is 9.69 Å². The van der Waals surface area contributed by atoms with Crippen molar-refractivity contribution in [2.75, 3.05) is 50.9 Å². The predicted molar refractivity (Wildman–Crippen MR) is 89.6 cm³/mol. The summed E-state index contributed by atoms with van der Waals surface area (Å²) < 4.78 is 5.40. The zero-order valence-corrected chi connectivity index (χ0v) is 14.0. The molecule has 0 unspecified atom stereocenters. The number of nitrogens with zero attached hydrogens (tertiary/aromatic N) is 2. The first-order valence-electron chi connectivity index (χ1n) is 8.08. The maximum atomic E-state index is 12.9. The summed E-state index contributed by atoms with van der Waals surface area (Å²) in [5, 5.41) is 0. The Morgan fingerprint density at radius 1 is 1.45 bits per heavy atom. The number of aromatic amines is 1. The smallest absolute Gasteiger partial charge is 0.255 e. The van der Waals surface area contributed by atoms with Crippen LogP contribution in [0.15, 0.2) is 12.4 Å². The van der Waals surface area contributed by atoms with Crippen molar-refractivity contribution in [1.82, 2.24) is 14.8 Å². The molecule has 0 radical (unpaired) electrons. The summed E-state index contributed by atoms with van der Waals surface area (Å²) in [5.74, 6) is 2.41. The van der Waals surface area contributed by atoms with E-state index >= 15 is 0 Å². The molecule has 6 heteroatoms. The summed E-state index contributed by atoms with van der Waals surface area (Å²) in [4.78, 5) is 20.5. The summed E-state index contributed by atoms with van der Waals surface area (Å²) in [5.41, 5.74) is 1.85. The van der Waals surface area contributed by atoms with E-state index in [1.54, 1.807) is 0 Å². The molecule has 1 N–H and O–H groups in total. The van der Waals surface area contributed by atoms with Gasteiger partial charge in [-0.15, -0.1) is 0 Å². The monoisotopic (exact) mass is 323 g/mol. The molecule has 1 atom stereocenters. The molecule has 2 aliphatic rings. The molecule has 0 aromatic carbocycles. The Morgan fingerprint density at radius 2 is 2.27 bits per heavy atom. The molecule has 2 aliphatic heterocycles. The van der Waals surface area contributed by atoms with Crippen LogP contribution in [0, 0.1) is 6.92 Å². The quantitative estimate of drug-likeness (QED) is 0.894. The van der Waals surface area contributed by atoms with Crippen LogP contribution in [-0.2, 0) is 4.74 Å². The molecular formula is C16H25N3O2S. The van der Waals surface area contributed by atoms with Crippen molar-refractivity contribution in [3.8, 4) is 0 Å². The highest BCUT2D eigenvalue weighted by atomic mass is 32.2. The summed E-state index contributed by atoms with van der Waals surface area (Å²) in [6.45, 7) is 7.32. The molecule has 0 aliphatic carbocycles. The Hall–Kier alpha value is -0.980. The molecule has 3 rings (SSSR count). The van der Waals surface area contributed by atoms with Gasteiger partial charge < -0.3 is 14.6 Å². The van der Waals surface area contributed by atoms with Crippen LogP contribution in [-0.4, -0.2) is 77.6 Å². The van der Waals surface area contributed by atoms with Gasteiger partial charge in [-0.1, -0.05) is 0 Å². The number of carbonyl (C=O) groups excluding carboxylic acids is 1. The van der Waals surface area contributed by atoms with E-state index in [1.165, 1.54) is 0 Å². The average molecular weight is 323 g/mol. The minimum absolute atomic E-state index is 0.180. The molecule has 2 fully saturated rings. The van der Waals surface area contributed by atoms with E-state index in [-0.39, 0.29) is 5.91 Å². The van der Waals surface area contributed by atoms with E-state index < -0.39 is 0 Å². The van der Waals surface area contributed by atoms with Crippen molar-refractivity contribution >= 4 is 17.7 Å². The molecule has 2 saturated heterocycles. The first-order valence-corrected chi connectivity index (χ1v) is 9.23. The van der Waals surface area contributed by atoms with Crippen LogP contribution in [0.3, 0.4) is 0 Å². The van der Waals surface area contributed by atoms with Gasteiger partial charge in [0.1, 0.15) is 0 Å². The van der Waals surface area contributed by atoms with E-state index in [9.17, 15) is 4.79 Å². The van der Waals surface area contributed by atoms with Crippen LogP contribution in [0.5, 0.6) is 0 Å². The van der Waals surface area contributed by atoms with Crippen LogP contribution in [0.1, 0.15) is 22.3 Å². The van der Waals surface area contributed by atoms with Crippen LogP contribution in [0.25, 0.3) is 0 Å². The van der Waals surface area contributed by atoms with Crippen molar-refractivity contribution < 1.29 is 9.53 Å². The van der Waals surface area contributed by atoms with E-state index in [2.05, 4.69) is 14.8 Å². The molecule has 122 valence electrons. The van der Waals surface area contributed by atoms with Crippen molar-refractivity contribution in [3.63, 3.8) is 0 Å². The fraction of sp³-hybridized carbons (Fsp3) is 0.688. The zero-order chi connectivity index (χ0) is 15.4. The molecule has 0 spiro atoms. The zero-order valence-electron chi connectivity index (χ0n) is 13.2. The Morgan fingerprint density at radius 3 is 2.91 bits per heavy atom. The molecule has 0 saturated carbocycles. The number of aromatic nitrogens is 1. The second-order valence-corrected chi connectivity index (χ2v) is 7.17. The maximum Gasteiger partial charge on any atom is 0.255 e. The highest BCUT2D eigenvalue weighted by Gasteiger charge is 2.29. The van der Waals surface area contributed by atoms with Crippen molar-refractivity contribution in [2.45, 2.75) is 19.4 Å². The van der Waals surface area contributed by atoms with E-state index in [4.69, 9.17) is 4.74 Å². The number of aryl methyl sites for hydroxylation is 1.